The molecule has 0 radical (unpaired) electrons. The number of nitro groups is 1. The standard InChI is InChI=1S/C11H12N4O4S3/c1-2-7-20-11-13-12-10(21-11)14-22(18,19)9-5-3-8(4-6-9)15(16)17/h3-6H,2,7H2,1H3,(H,12,14). The molecule has 0 bridgehead atoms. The molecule has 118 valence electrons. The predicted octanol–water partition coefficient (Wildman–Crippen LogP) is 2.75. The van der Waals surface area contributed by atoms with Crippen LogP contribution in [0.15, 0.2) is 33.5 Å². The fourth-order valence-electron chi connectivity index (χ4n) is 1.42. The van der Waals surface area contributed by atoms with Crippen molar-refractivity contribution in [3.05, 3.63) is 34.4 Å². The lowest BCUT2D eigenvalue weighted by atomic mass is 10.3. The summed E-state index contributed by atoms with van der Waals surface area (Å²) in [6.07, 6.45) is 0.980. The molecule has 2 rings (SSSR count). The summed E-state index contributed by atoms with van der Waals surface area (Å²) in [5.74, 6) is 0.879. The van der Waals surface area contributed by atoms with Crippen LogP contribution in [0.4, 0.5) is 10.8 Å². The van der Waals surface area contributed by atoms with Gasteiger partial charge in [-0.05, 0) is 18.6 Å². The molecule has 1 N–H and O–H groups in total. The summed E-state index contributed by atoms with van der Waals surface area (Å²) in [5.41, 5.74) is -0.173. The topological polar surface area (TPSA) is 115 Å². The maximum absolute atomic E-state index is 12.2. The van der Waals surface area contributed by atoms with Crippen molar-refractivity contribution in [1.82, 2.24) is 10.2 Å². The number of nitro benzene ring substituents is 1. The van der Waals surface area contributed by atoms with Crippen molar-refractivity contribution in [3.63, 3.8) is 0 Å². The number of sulfonamides is 1. The fraction of sp³-hybridized carbons (Fsp3) is 0.273. The first kappa shape index (κ1) is 16.6. The quantitative estimate of drug-likeness (QED) is 0.458. The Morgan fingerprint density at radius 2 is 2.00 bits per heavy atom. The van der Waals surface area contributed by atoms with Gasteiger partial charge in [0, 0.05) is 17.9 Å². The van der Waals surface area contributed by atoms with Crippen LogP contribution in [0.5, 0.6) is 0 Å². The summed E-state index contributed by atoms with van der Waals surface area (Å²) in [5, 5.41) is 18.4. The van der Waals surface area contributed by atoms with Crippen LogP contribution >= 0.6 is 23.1 Å². The highest BCUT2D eigenvalue weighted by Gasteiger charge is 2.18. The molecule has 0 aliphatic rings. The summed E-state index contributed by atoms with van der Waals surface area (Å²) in [4.78, 5) is 9.90. The largest absolute Gasteiger partial charge is 0.269 e. The van der Waals surface area contributed by atoms with Crippen molar-refractivity contribution in [3.8, 4) is 0 Å². The Labute approximate surface area is 135 Å². The van der Waals surface area contributed by atoms with E-state index in [1.54, 1.807) is 0 Å². The van der Waals surface area contributed by atoms with Gasteiger partial charge >= 0.3 is 0 Å². The van der Waals surface area contributed by atoms with E-state index in [0.717, 1.165) is 35.6 Å². The molecule has 1 aromatic heterocycles. The first-order chi connectivity index (χ1) is 10.4. The van der Waals surface area contributed by atoms with Gasteiger partial charge in [-0.25, -0.2) is 8.42 Å². The molecule has 11 heteroatoms. The molecule has 2 aromatic rings. The molecule has 0 aliphatic heterocycles. The molecule has 0 fully saturated rings. The summed E-state index contributed by atoms with van der Waals surface area (Å²) in [6, 6.07) is 4.62. The second kappa shape index (κ2) is 7.03. The van der Waals surface area contributed by atoms with E-state index in [4.69, 9.17) is 0 Å². The predicted molar refractivity (Wildman–Crippen MR) is 84.8 cm³/mol. The van der Waals surface area contributed by atoms with E-state index in [1.807, 2.05) is 6.92 Å². The highest BCUT2D eigenvalue weighted by molar-refractivity contribution is 8.01. The van der Waals surface area contributed by atoms with Gasteiger partial charge in [-0.15, -0.1) is 10.2 Å². The minimum Gasteiger partial charge on any atom is -0.258 e. The van der Waals surface area contributed by atoms with Crippen LogP contribution in [-0.4, -0.2) is 29.3 Å². The van der Waals surface area contributed by atoms with Crippen molar-refractivity contribution in [1.29, 1.82) is 0 Å². The van der Waals surface area contributed by atoms with Crippen LogP contribution in [0.1, 0.15) is 13.3 Å². The first-order valence-corrected chi connectivity index (χ1v) is 9.44. The lowest BCUT2D eigenvalue weighted by Gasteiger charge is -2.03. The van der Waals surface area contributed by atoms with E-state index in [9.17, 15) is 18.5 Å². The van der Waals surface area contributed by atoms with Gasteiger partial charge in [0.05, 0.1) is 9.82 Å². The smallest absolute Gasteiger partial charge is 0.258 e. The van der Waals surface area contributed by atoms with Crippen LogP contribution in [-0.2, 0) is 10.0 Å². The minimum absolute atomic E-state index is 0.0731. The van der Waals surface area contributed by atoms with Crippen LogP contribution < -0.4 is 4.72 Å². The van der Waals surface area contributed by atoms with Gasteiger partial charge in [0.15, 0.2) is 4.34 Å². The highest BCUT2D eigenvalue weighted by atomic mass is 32.2. The zero-order chi connectivity index (χ0) is 16.2. The maximum atomic E-state index is 12.2. The van der Waals surface area contributed by atoms with E-state index in [0.29, 0.717) is 4.34 Å². The molecule has 8 nitrogen and oxygen atoms in total. The summed E-state index contributed by atoms with van der Waals surface area (Å²) >= 11 is 2.65. The molecular weight excluding hydrogens is 348 g/mol. The molecule has 0 amide bonds. The van der Waals surface area contributed by atoms with Crippen LogP contribution in [0.25, 0.3) is 0 Å². The van der Waals surface area contributed by atoms with Crippen LogP contribution in [0.3, 0.4) is 0 Å². The zero-order valence-corrected chi connectivity index (χ0v) is 13.9. The van der Waals surface area contributed by atoms with Crippen LogP contribution in [0.2, 0.25) is 0 Å². The summed E-state index contributed by atoms with van der Waals surface area (Å²) in [7, 11) is -3.84. The van der Waals surface area contributed by atoms with Crippen molar-refractivity contribution in [2.75, 3.05) is 10.5 Å². The van der Waals surface area contributed by atoms with E-state index < -0.39 is 14.9 Å². The lowest BCUT2D eigenvalue weighted by molar-refractivity contribution is -0.384. The second-order valence-electron chi connectivity index (χ2n) is 4.08. The van der Waals surface area contributed by atoms with Gasteiger partial charge in [-0.3, -0.25) is 14.8 Å². The number of nitrogens with one attached hydrogen (secondary N) is 1. The average Bonchev–Trinajstić information content (AvgIpc) is 2.92. The fourth-order valence-corrected chi connectivity index (χ4v) is 4.33. The Bertz CT molecular complexity index is 758. The lowest BCUT2D eigenvalue weighted by Crippen LogP contribution is -2.12. The number of hydrogen-bond donors (Lipinski definition) is 1. The number of benzene rings is 1. The van der Waals surface area contributed by atoms with Gasteiger partial charge in [-0.1, -0.05) is 30.0 Å². The normalized spacial score (nSPS) is 11.3. The highest BCUT2D eigenvalue weighted by Crippen LogP contribution is 2.27. The van der Waals surface area contributed by atoms with Crippen molar-refractivity contribution < 1.29 is 13.3 Å². The molecule has 1 heterocycles. The molecule has 0 atom stereocenters. The molecule has 22 heavy (non-hydrogen) atoms. The van der Waals surface area contributed by atoms with Gasteiger partial charge in [-0.2, -0.15) is 0 Å². The maximum Gasteiger partial charge on any atom is 0.269 e. The van der Waals surface area contributed by atoms with E-state index in [1.165, 1.54) is 23.9 Å². The number of hydrogen-bond acceptors (Lipinski definition) is 8. The molecular formula is C11H12N4O4S3. The molecule has 0 saturated heterocycles. The van der Waals surface area contributed by atoms with Crippen LogP contribution in [0, 0.1) is 10.1 Å². The van der Waals surface area contributed by atoms with Crippen molar-refractivity contribution >= 4 is 43.9 Å². The molecule has 0 aliphatic carbocycles. The number of non-ortho nitro benzene ring substituents is 1. The Balaban J connectivity index is 2.13. The average molecular weight is 360 g/mol. The molecule has 0 unspecified atom stereocenters. The van der Waals surface area contributed by atoms with E-state index >= 15 is 0 Å². The third-order valence-electron chi connectivity index (χ3n) is 2.42. The number of nitrogens with zero attached hydrogens (tertiary/aromatic N) is 3. The Morgan fingerprint density at radius 3 is 2.59 bits per heavy atom. The van der Waals surface area contributed by atoms with E-state index in [2.05, 4.69) is 14.9 Å². The zero-order valence-electron chi connectivity index (χ0n) is 11.4. The Kier molecular flexibility index (Phi) is 5.32. The number of aromatic nitrogens is 2. The van der Waals surface area contributed by atoms with E-state index in [-0.39, 0.29) is 15.7 Å². The van der Waals surface area contributed by atoms with Crippen molar-refractivity contribution in [2.45, 2.75) is 22.6 Å². The number of thioether (sulfide) groups is 1. The number of anilines is 1. The summed E-state index contributed by atoms with van der Waals surface area (Å²) < 4.78 is 27.3. The number of rotatable bonds is 7. The SMILES string of the molecule is CCCSc1nnc(NS(=O)(=O)c2ccc([N+](=O)[O-])cc2)s1. The second-order valence-corrected chi connectivity index (χ2v) is 8.08. The van der Waals surface area contributed by atoms with Crippen molar-refractivity contribution in [2.24, 2.45) is 0 Å². The Hall–Kier alpha value is -1.72. The molecule has 0 saturated carbocycles. The van der Waals surface area contributed by atoms with Gasteiger partial charge < -0.3 is 0 Å². The third kappa shape index (κ3) is 4.15. The van der Waals surface area contributed by atoms with Gasteiger partial charge in [0.25, 0.3) is 15.7 Å². The molecule has 0 spiro atoms. The monoisotopic (exact) mass is 360 g/mol. The molecule has 1 aromatic carbocycles. The minimum atomic E-state index is -3.84. The third-order valence-corrected chi connectivity index (χ3v) is 6.08. The van der Waals surface area contributed by atoms with Gasteiger partial charge in [0.2, 0.25) is 5.13 Å². The first-order valence-electron chi connectivity index (χ1n) is 6.16. The summed E-state index contributed by atoms with van der Waals surface area (Å²) in [6.45, 7) is 2.03. The van der Waals surface area contributed by atoms with Gasteiger partial charge in [0.1, 0.15) is 0 Å². The Morgan fingerprint density at radius 1 is 1.32 bits per heavy atom.